The van der Waals surface area contributed by atoms with E-state index in [1.807, 2.05) is 0 Å². The number of rotatable bonds is 4. The minimum absolute atomic E-state index is 0.108. The smallest absolute Gasteiger partial charge is 0.271 e. The summed E-state index contributed by atoms with van der Waals surface area (Å²) in [5.74, 6) is 0.0184. The topological polar surface area (TPSA) is 81.5 Å². The van der Waals surface area contributed by atoms with E-state index in [0.29, 0.717) is 5.75 Å². The lowest BCUT2D eigenvalue weighted by Gasteiger charge is -2.08. The lowest BCUT2D eigenvalue weighted by molar-refractivity contribution is -0.384. The van der Waals surface area contributed by atoms with Crippen molar-refractivity contribution in [3.63, 3.8) is 0 Å². The number of amides is 1. The van der Waals surface area contributed by atoms with Crippen molar-refractivity contribution in [1.29, 1.82) is 0 Å². The molecule has 0 fully saturated rings. The summed E-state index contributed by atoms with van der Waals surface area (Å²) in [7, 11) is 1.43. The molecule has 1 amide bonds. The molecule has 0 aliphatic rings. The normalized spacial score (nSPS) is 9.50. The van der Waals surface area contributed by atoms with Gasteiger partial charge in [0.15, 0.2) is 0 Å². The molecule has 0 bridgehead atoms. The van der Waals surface area contributed by atoms with Crippen LogP contribution in [0, 0.1) is 10.1 Å². The van der Waals surface area contributed by atoms with Crippen LogP contribution in [-0.4, -0.2) is 17.9 Å². The third-order valence-electron chi connectivity index (χ3n) is 2.07. The Morgan fingerprint density at radius 1 is 1.44 bits per heavy atom. The summed E-state index contributed by atoms with van der Waals surface area (Å²) in [5, 5.41) is 13.2. The van der Waals surface area contributed by atoms with E-state index in [0.717, 1.165) is 5.57 Å². The zero-order valence-corrected chi connectivity index (χ0v) is 10.4. The minimum Gasteiger partial charge on any atom is -0.495 e. The number of nitro groups is 1. The van der Waals surface area contributed by atoms with Crippen molar-refractivity contribution in [1.82, 2.24) is 0 Å². The molecule has 0 atom stereocenters. The average Bonchev–Trinajstić information content (AvgIpc) is 2.27. The van der Waals surface area contributed by atoms with Crippen LogP contribution >= 0.6 is 0 Å². The fourth-order valence-corrected chi connectivity index (χ4v) is 1.34. The molecule has 0 radical (unpaired) electrons. The Hall–Kier alpha value is -2.37. The van der Waals surface area contributed by atoms with Crippen LogP contribution in [0.4, 0.5) is 11.4 Å². The SMILES string of the molecule is COc1ccc([N+](=O)[O-])cc1NC(=O)C=C(C)C. The molecule has 1 N–H and O–H groups in total. The number of benzene rings is 1. The van der Waals surface area contributed by atoms with Gasteiger partial charge in [-0.05, 0) is 19.9 Å². The van der Waals surface area contributed by atoms with Crippen LogP contribution in [0.5, 0.6) is 5.75 Å². The maximum Gasteiger partial charge on any atom is 0.271 e. The number of hydrogen-bond donors (Lipinski definition) is 1. The predicted octanol–water partition coefficient (Wildman–Crippen LogP) is 2.51. The van der Waals surface area contributed by atoms with Gasteiger partial charge in [-0.1, -0.05) is 5.57 Å². The summed E-state index contributed by atoms with van der Waals surface area (Å²) in [6.45, 7) is 3.56. The Morgan fingerprint density at radius 2 is 2.11 bits per heavy atom. The van der Waals surface area contributed by atoms with E-state index in [1.165, 1.54) is 31.4 Å². The predicted molar refractivity (Wildman–Crippen MR) is 67.7 cm³/mol. The summed E-state index contributed by atoms with van der Waals surface area (Å²) in [6, 6.07) is 4.02. The molecule has 0 saturated heterocycles. The third-order valence-corrected chi connectivity index (χ3v) is 2.07. The molecule has 0 saturated carbocycles. The number of nitro benzene ring substituents is 1. The maximum absolute atomic E-state index is 11.6. The Balaban J connectivity index is 3.05. The van der Waals surface area contributed by atoms with Crippen molar-refractivity contribution in [2.75, 3.05) is 12.4 Å². The highest BCUT2D eigenvalue weighted by Crippen LogP contribution is 2.28. The maximum atomic E-state index is 11.6. The van der Waals surface area contributed by atoms with Gasteiger partial charge in [-0.15, -0.1) is 0 Å². The Labute approximate surface area is 104 Å². The fourth-order valence-electron chi connectivity index (χ4n) is 1.34. The molecule has 0 spiro atoms. The minimum atomic E-state index is -0.532. The van der Waals surface area contributed by atoms with Crippen LogP contribution in [0.15, 0.2) is 29.8 Å². The van der Waals surface area contributed by atoms with Gasteiger partial charge in [0.1, 0.15) is 5.75 Å². The van der Waals surface area contributed by atoms with Crippen molar-refractivity contribution < 1.29 is 14.5 Å². The van der Waals surface area contributed by atoms with Gasteiger partial charge < -0.3 is 10.1 Å². The van der Waals surface area contributed by atoms with Gasteiger partial charge in [-0.2, -0.15) is 0 Å². The highest BCUT2D eigenvalue weighted by Gasteiger charge is 2.12. The molecule has 0 unspecified atom stereocenters. The first kappa shape index (κ1) is 13.7. The van der Waals surface area contributed by atoms with Gasteiger partial charge in [0, 0.05) is 18.2 Å². The molecule has 6 nitrogen and oxygen atoms in total. The Bertz CT molecular complexity index is 505. The highest BCUT2D eigenvalue weighted by molar-refractivity contribution is 6.00. The molecule has 0 aromatic heterocycles. The fraction of sp³-hybridized carbons (Fsp3) is 0.250. The third kappa shape index (κ3) is 3.58. The lowest BCUT2D eigenvalue weighted by atomic mass is 10.2. The molecule has 1 rings (SSSR count). The first-order valence-corrected chi connectivity index (χ1v) is 5.22. The van der Waals surface area contributed by atoms with E-state index < -0.39 is 4.92 Å². The van der Waals surface area contributed by atoms with Gasteiger partial charge in [0.25, 0.3) is 5.69 Å². The summed E-state index contributed by atoms with van der Waals surface area (Å²) in [4.78, 5) is 21.7. The van der Waals surface area contributed by atoms with Crippen molar-refractivity contribution >= 4 is 17.3 Å². The number of methoxy groups -OCH3 is 1. The standard InChI is InChI=1S/C12H14N2O4/c1-8(2)6-12(15)13-10-7-9(14(16)17)4-5-11(10)18-3/h4-7H,1-3H3,(H,13,15). The van der Waals surface area contributed by atoms with E-state index in [-0.39, 0.29) is 17.3 Å². The number of ether oxygens (including phenoxy) is 1. The molecule has 1 aromatic carbocycles. The number of anilines is 1. The second-order valence-electron chi connectivity index (χ2n) is 3.85. The summed E-state index contributed by atoms with van der Waals surface area (Å²) in [6.07, 6.45) is 1.40. The summed E-state index contributed by atoms with van der Waals surface area (Å²) in [5.41, 5.74) is 0.995. The van der Waals surface area contributed by atoms with Gasteiger partial charge in [-0.25, -0.2) is 0 Å². The Kier molecular flexibility index (Phi) is 4.42. The molecule has 0 aliphatic carbocycles. The van der Waals surface area contributed by atoms with E-state index in [9.17, 15) is 14.9 Å². The molecule has 0 aliphatic heterocycles. The monoisotopic (exact) mass is 250 g/mol. The number of nitrogens with zero attached hydrogens (tertiary/aromatic N) is 1. The highest BCUT2D eigenvalue weighted by atomic mass is 16.6. The van der Waals surface area contributed by atoms with Crippen LogP contribution in [0.25, 0.3) is 0 Å². The molecule has 6 heteroatoms. The second-order valence-corrected chi connectivity index (χ2v) is 3.85. The number of carbonyl (C=O) groups is 1. The lowest BCUT2D eigenvalue weighted by Crippen LogP contribution is -2.09. The van der Waals surface area contributed by atoms with Crippen LogP contribution in [-0.2, 0) is 4.79 Å². The number of hydrogen-bond acceptors (Lipinski definition) is 4. The number of nitrogens with one attached hydrogen (secondary N) is 1. The van der Waals surface area contributed by atoms with Crippen molar-refractivity contribution in [2.45, 2.75) is 13.8 Å². The number of non-ortho nitro benzene ring substituents is 1. The average molecular weight is 250 g/mol. The zero-order chi connectivity index (χ0) is 13.7. The molecule has 18 heavy (non-hydrogen) atoms. The van der Waals surface area contributed by atoms with Crippen LogP contribution < -0.4 is 10.1 Å². The molecule has 1 aromatic rings. The van der Waals surface area contributed by atoms with Gasteiger partial charge in [0.2, 0.25) is 5.91 Å². The second kappa shape index (κ2) is 5.81. The van der Waals surface area contributed by atoms with Gasteiger partial charge in [0.05, 0.1) is 17.7 Å². The first-order valence-electron chi connectivity index (χ1n) is 5.22. The summed E-state index contributed by atoms with van der Waals surface area (Å²) >= 11 is 0. The first-order chi connectivity index (χ1) is 8.43. The summed E-state index contributed by atoms with van der Waals surface area (Å²) < 4.78 is 5.03. The number of allylic oxidation sites excluding steroid dienone is 1. The largest absolute Gasteiger partial charge is 0.495 e. The van der Waals surface area contributed by atoms with Gasteiger partial charge >= 0.3 is 0 Å². The van der Waals surface area contributed by atoms with E-state index in [2.05, 4.69) is 5.32 Å². The van der Waals surface area contributed by atoms with E-state index in [4.69, 9.17) is 4.74 Å². The van der Waals surface area contributed by atoms with Crippen molar-refractivity contribution in [3.05, 3.63) is 40.0 Å². The van der Waals surface area contributed by atoms with Crippen LogP contribution in [0.2, 0.25) is 0 Å². The van der Waals surface area contributed by atoms with Crippen LogP contribution in [0.3, 0.4) is 0 Å². The van der Waals surface area contributed by atoms with E-state index >= 15 is 0 Å². The van der Waals surface area contributed by atoms with Crippen molar-refractivity contribution in [2.24, 2.45) is 0 Å². The van der Waals surface area contributed by atoms with E-state index in [1.54, 1.807) is 13.8 Å². The number of carbonyl (C=O) groups excluding carboxylic acids is 1. The Morgan fingerprint density at radius 3 is 2.61 bits per heavy atom. The van der Waals surface area contributed by atoms with Crippen molar-refractivity contribution in [3.8, 4) is 5.75 Å². The molecular formula is C12H14N2O4. The molecular weight excluding hydrogens is 236 g/mol. The van der Waals surface area contributed by atoms with Gasteiger partial charge in [-0.3, -0.25) is 14.9 Å². The molecule has 0 heterocycles. The quantitative estimate of drug-likeness (QED) is 0.505. The zero-order valence-electron chi connectivity index (χ0n) is 10.4. The van der Waals surface area contributed by atoms with Crippen LogP contribution in [0.1, 0.15) is 13.8 Å². The molecule has 96 valence electrons.